The number of hydrogen-bond acceptors (Lipinski definition) is 5. The van der Waals surface area contributed by atoms with Gasteiger partial charge in [-0.15, -0.1) is 5.10 Å². The summed E-state index contributed by atoms with van der Waals surface area (Å²) in [5.41, 5.74) is 3.31. The van der Waals surface area contributed by atoms with Crippen molar-refractivity contribution in [1.29, 1.82) is 0 Å². The Labute approximate surface area is 120 Å². The molecule has 0 bridgehead atoms. The molecular weight excluding hydrogens is 273 g/mol. The SMILES string of the molecule is OB(O)c1cccc(Cn2cc(-c3ccsc3)nn2)c1. The van der Waals surface area contributed by atoms with E-state index >= 15 is 0 Å². The van der Waals surface area contributed by atoms with Crippen LogP contribution in [0.15, 0.2) is 47.3 Å². The van der Waals surface area contributed by atoms with E-state index in [1.165, 1.54) is 0 Å². The fourth-order valence-electron chi connectivity index (χ4n) is 1.96. The summed E-state index contributed by atoms with van der Waals surface area (Å²) in [4.78, 5) is 0. The van der Waals surface area contributed by atoms with Gasteiger partial charge in [0.25, 0.3) is 0 Å². The van der Waals surface area contributed by atoms with Gasteiger partial charge in [-0.2, -0.15) is 11.3 Å². The van der Waals surface area contributed by atoms with E-state index in [1.54, 1.807) is 34.2 Å². The highest BCUT2D eigenvalue weighted by Crippen LogP contribution is 2.19. The molecule has 5 nitrogen and oxygen atoms in total. The molecule has 20 heavy (non-hydrogen) atoms. The molecule has 2 heterocycles. The molecule has 2 N–H and O–H groups in total. The van der Waals surface area contributed by atoms with Gasteiger partial charge in [-0.25, -0.2) is 4.68 Å². The highest BCUT2D eigenvalue weighted by Gasteiger charge is 2.11. The first kappa shape index (κ1) is 13.0. The van der Waals surface area contributed by atoms with Crippen molar-refractivity contribution in [3.63, 3.8) is 0 Å². The minimum Gasteiger partial charge on any atom is -0.423 e. The zero-order chi connectivity index (χ0) is 13.9. The van der Waals surface area contributed by atoms with Gasteiger partial charge < -0.3 is 10.0 Å². The van der Waals surface area contributed by atoms with Gasteiger partial charge in [0.05, 0.1) is 12.7 Å². The number of benzene rings is 1. The molecule has 0 saturated heterocycles. The number of hydrogen-bond donors (Lipinski definition) is 2. The van der Waals surface area contributed by atoms with E-state index in [-0.39, 0.29) is 0 Å². The molecule has 0 atom stereocenters. The van der Waals surface area contributed by atoms with Gasteiger partial charge >= 0.3 is 7.12 Å². The summed E-state index contributed by atoms with van der Waals surface area (Å²) >= 11 is 1.62. The van der Waals surface area contributed by atoms with Crippen LogP contribution in [0.4, 0.5) is 0 Å². The van der Waals surface area contributed by atoms with Crippen LogP contribution in [0.5, 0.6) is 0 Å². The zero-order valence-electron chi connectivity index (χ0n) is 10.5. The maximum atomic E-state index is 9.17. The largest absolute Gasteiger partial charge is 0.488 e. The smallest absolute Gasteiger partial charge is 0.423 e. The van der Waals surface area contributed by atoms with Crippen LogP contribution in [0.1, 0.15) is 5.56 Å². The average molecular weight is 285 g/mol. The summed E-state index contributed by atoms with van der Waals surface area (Å²) in [6.07, 6.45) is 1.88. The summed E-state index contributed by atoms with van der Waals surface area (Å²) in [7, 11) is -1.45. The molecule has 0 radical (unpaired) electrons. The minimum atomic E-state index is -1.45. The Morgan fingerprint density at radius 3 is 2.90 bits per heavy atom. The van der Waals surface area contributed by atoms with E-state index in [0.717, 1.165) is 16.8 Å². The normalized spacial score (nSPS) is 10.7. The van der Waals surface area contributed by atoms with Crippen molar-refractivity contribution in [2.75, 3.05) is 0 Å². The lowest BCUT2D eigenvalue weighted by atomic mass is 9.80. The maximum Gasteiger partial charge on any atom is 0.488 e. The summed E-state index contributed by atoms with van der Waals surface area (Å²) in [6.45, 7) is 0.539. The Bertz CT molecular complexity index is 697. The van der Waals surface area contributed by atoms with Crippen LogP contribution < -0.4 is 5.46 Å². The van der Waals surface area contributed by atoms with Crippen molar-refractivity contribution in [2.45, 2.75) is 6.54 Å². The van der Waals surface area contributed by atoms with Crippen molar-refractivity contribution in [2.24, 2.45) is 0 Å². The van der Waals surface area contributed by atoms with Gasteiger partial charge in [-0.3, -0.25) is 0 Å². The highest BCUT2D eigenvalue weighted by atomic mass is 32.1. The van der Waals surface area contributed by atoms with Crippen LogP contribution in [-0.2, 0) is 6.54 Å². The van der Waals surface area contributed by atoms with Crippen molar-refractivity contribution in [3.8, 4) is 11.3 Å². The monoisotopic (exact) mass is 285 g/mol. The predicted molar refractivity (Wildman–Crippen MR) is 78.7 cm³/mol. The molecule has 0 aliphatic carbocycles. The van der Waals surface area contributed by atoms with Crippen molar-refractivity contribution in [1.82, 2.24) is 15.0 Å². The Kier molecular flexibility index (Phi) is 3.64. The van der Waals surface area contributed by atoms with Crippen molar-refractivity contribution >= 4 is 23.9 Å². The first-order valence-electron chi connectivity index (χ1n) is 6.10. The summed E-state index contributed by atoms with van der Waals surface area (Å²) < 4.78 is 1.73. The third-order valence-corrected chi connectivity index (χ3v) is 3.63. The lowest BCUT2D eigenvalue weighted by molar-refractivity contribution is 0.425. The zero-order valence-corrected chi connectivity index (χ0v) is 11.4. The second-order valence-corrected chi connectivity index (χ2v) is 5.21. The maximum absolute atomic E-state index is 9.17. The van der Waals surface area contributed by atoms with Crippen LogP contribution in [-0.4, -0.2) is 32.2 Å². The summed E-state index contributed by atoms with van der Waals surface area (Å²) in [5, 5.41) is 30.6. The quantitative estimate of drug-likeness (QED) is 0.693. The van der Waals surface area contributed by atoms with Gasteiger partial charge in [-0.1, -0.05) is 29.5 Å². The number of thiophene rings is 1. The van der Waals surface area contributed by atoms with Gasteiger partial charge in [0.15, 0.2) is 0 Å². The number of nitrogens with zero attached hydrogens (tertiary/aromatic N) is 3. The fourth-order valence-corrected chi connectivity index (χ4v) is 2.61. The predicted octanol–water partition coefficient (Wildman–Crippen LogP) is 0.735. The van der Waals surface area contributed by atoms with Crippen LogP contribution in [0.3, 0.4) is 0 Å². The summed E-state index contributed by atoms with van der Waals surface area (Å²) in [6, 6.07) is 9.13. The lowest BCUT2D eigenvalue weighted by Crippen LogP contribution is -2.30. The third-order valence-electron chi connectivity index (χ3n) is 2.95. The molecule has 3 aromatic rings. The number of rotatable bonds is 4. The molecule has 0 amide bonds. The van der Waals surface area contributed by atoms with E-state index in [1.807, 2.05) is 29.1 Å². The van der Waals surface area contributed by atoms with E-state index < -0.39 is 7.12 Å². The van der Waals surface area contributed by atoms with Crippen LogP contribution in [0, 0.1) is 0 Å². The molecule has 2 aromatic heterocycles. The van der Waals surface area contributed by atoms with Gasteiger partial charge in [-0.05, 0) is 22.5 Å². The second-order valence-electron chi connectivity index (χ2n) is 4.43. The average Bonchev–Trinajstić information content (AvgIpc) is 3.09. The molecule has 0 saturated carbocycles. The van der Waals surface area contributed by atoms with Gasteiger partial charge in [0, 0.05) is 10.9 Å². The fraction of sp³-hybridized carbons (Fsp3) is 0.0769. The van der Waals surface area contributed by atoms with Gasteiger partial charge in [0.2, 0.25) is 0 Å². The van der Waals surface area contributed by atoms with E-state index in [4.69, 9.17) is 10.0 Å². The molecule has 7 heteroatoms. The van der Waals surface area contributed by atoms with E-state index in [2.05, 4.69) is 10.3 Å². The van der Waals surface area contributed by atoms with Crippen molar-refractivity contribution in [3.05, 3.63) is 52.9 Å². The Hall–Kier alpha value is -1.96. The molecule has 0 aliphatic rings. The van der Waals surface area contributed by atoms with E-state index in [9.17, 15) is 0 Å². The lowest BCUT2D eigenvalue weighted by Gasteiger charge is -2.04. The standard InChI is InChI=1S/C13H12BN3O2S/c18-14(19)12-3-1-2-10(6-12)7-17-8-13(15-16-17)11-4-5-20-9-11/h1-6,8-9,18-19H,7H2. The Morgan fingerprint density at radius 1 is 1.25 bits per heavy atom. The summed E-state index contributed by atoms with van der Waals surface area (Å²) in [5.74, 6) is 0. The number of aromatic nitrogens is 3. The molecule has 3 rings (SSSR count). The minimum absolute atomic E-state index is 0.473. The van der Waals surface area contributed by atoms with Gasteiger partial charge in [0.1, 0.15) is 5.69 Å². The van der Waals surface area contributed by atoms with Crippen LogP contribution in [0.2, 0.25) is 0 Å². The Morgan fingerprint density at radius 2 is 2.15 bits per heavy atom. The molecule has 0 spiro atoms. The van der Waals surface area contributed by atoms with E-state index in [0.29, 0.717) is 12.0 Å². The molecule has 0 unspecified atom stereocenters. The topological polar surface area (TPSA) is 71.2 Å². The molecular formula is C13H12BN3O2S. The highest BCUT2D eigenvalue weighted by molar-refractivity contribution is 7.08. The Balaban J connectivity index is 1.80. The second kappa shape index (κ2) is 5.58. The molecule has 0 aliphatic heterocycles. The van der Waals surface area contributed by atoms with Crippen LogP contribution in [0.25, 0.3) is 11.3 Å². The van der Waals surface area contributed by atoms with Crippen molar-refractivity contribution < 1.29 is 10.0 Å². The molecule has 100 valence electrons. The molecule has 0 fully saturated rings. The first-order chi connectivity index (χ1) is 9.72. The van der Waals surface area contributed by atoms with Crippen LogP contribution >= 0.6 is 11.3 Å². The third kappa shape index (κ3) is 2.80. The molecule has 1 aromatic carbocycles. The first-order valence-corrected chi connectivity index (χ1v) is 7.04.